The van der Waals surface area contributed by atoms with Gasteiger partial charge in [0.25, 0.3) is 5.91 Å². The van der Waals surface area contributed by atoms with Gasteiger partial charge in [0.1, 0.15) is 0 Å². The monoisotopic (exact) mass is 251 g/mol. The Hall–Kier alpha value is -2.62. The van der Waals surface area contributed by atoms with Gasteiger partial charge in [-0.1, -0.05) is 12.1 Å². The van der Waals surface area contributed by atoms with Crippen molar-refractivity contribution in [3.8, 4) is 11.1 Å². The first-order valence-corrected chi connectivity index (χ1v) is 5.99. The molecule has 19 heavy (non-hydrogen) atoms. The Balaban J connectivity index is 2.17. The molecule has 0 radical (unpaired) electrons. The number of nitrogens with one attached hydrogen (secondary N) is 1. The number of rotatable bonds is 2. The number of pyridine rings is 1. The van der Waals surface area contributed by atoms with Crippen molar-refractivity contribution in [3.63, 3.8) is 0 Å². The lowest BCUT2D eigenvalue weighted by atomic mass is 10.0. The van der Waals surface area contributed by atoms with Crippen LogP contribution < -0.4 is 5.73 Å². The summed E-state index contributed by atoms with van der Waals surface area (Å²) < 4.78 is 0. The molecule has 4 nitrogen and oxygen atoms in total. The maximum atomic E-state index is 11.4. The van der Waals surface area contributed by atoms with Crippen LogP contribution in [0.15, 0.2) is 42.7 Å². The molecule has 0 saturated heterocycles. The number of nitrogens with zero attached hydrogens (tertiary/aromatic N) is 1. The summed E-state index contributed by atoms with van der Waals surface area (Å²) in [6, 6.07) is 9.87. The highest BCUT2D eigenvalue weighted by Gasteiger charge is 2.09. The van der Waals surface area contributed by atoms with Gasteiger partial charge in [-0.15, -0.1) is 0 Å². The summed E-state index contributed by atoms with van der Waals surface area (Å²) in [6.45, 7) is 1.95. The minimum atomic E-state index is -0.426. The normalized spacial score (nSPS) is 10.8. The van der Waals surface area contributed by atoms with Gasteiger partial charge >= 0.3 is 0 Å². The fourth-order valence-electron chi connectivity index (χ4n) is 2.14. The number of H-pyrrole nitrogens is 1. The number of aryl methyl sites for hydroxylation is 1. The Bertz CT molecular complexity index is 757. The molecule has 3 N–H and O–H groups in total. The number of aromatic amines is 1. The minimum Gasteiger partial charge on any atom is -0.366 e. The minimum absolute atomic E-state index is 0.426. The third kappa shape index (κ3) is 1.97. The van der Waals surface area contributed by atoms with Crippen LogP contribution in [0.4, 0.5) is 0 Å². The maximum absolute atomic E-state index is 11.4. The second-order valence-corrected chi connectivity index (χ2v) is 4.52. The summed E-state index contributed by atoms with van der Waals surface area (Å²) in [7, 11) is 0. The topological polar surface area (TPSA) is 71.8 Å². The van der Waals surface area contributed by atoms with Crippen molar-refractivity contribution in [3.05, 3.63) is 54.0 Å². The van der Waals surface area contributed by atoms with Crippen LogP contribution in [0.2, 0.25) is 0 Å². The van der Waals surface area contributed by atoms with Crippen LogP contribution in [0.1, 0.15) is 16.1 Å². The smallest absolute Gasteiger partial charge is 0.250 e. The highest BCUT2D eigenvalue weighted by molar-refractivity contribution is 6.06. The molecule has 0 spiro atoms. The lowest BCUT2D eigenvalue weighted by Gasteiger charge is -2.03. The van der Waals surface area contributed by atoms with Crippen LogP contribution in [0.3, 0.4) is 0 Å². The molecule has 0 saturated carbocycles. The van der Waals surface area contributed by atoms with Crippen LogP contribution in [0.25, 0.3) is 22.0 Å². The molecule has 2 aromatic heterocycles. The highest BCUT2D eigenvalue weighted by atomic mass is 16.1. The second kappa shape index (κ2) is 4.24. The molecule has 2 heterocycles. The van der Waals surface area contributed by atoms with Crippen LogP contribution in [-0.2, 0) is 0 Å². The molecule has 0 bridgehead atoms. The molecule has 0 unspecified atom stereocenters. The molecule has 0 aliphatic carbocycles. The number of fused-ring (bicyclic) bond motifs is 1. The van der Waals surface area contributed by atoms with Gasteiger partial charge in [-0.2, -0.15) is 0 Å². The number of hydrogen-bond donors (Lipinski definition) is 2. The Kier molecular flexibility index (Phi) is 2.56. The van der Waals surface area contributed by atoms with Gasteiger partial charge < -0.3 is 10.7 Å². The molecular weight excluding hydrogens is 238 g/mol. The summed E-state index contributed by atoms with van der Waals surface area (Å²) in [5.74, 6) is -0.426. The van der Waals surface area contributed by atoms with Crippen LogP contribution in [-0.4, -0.2) is 15.9 Å². The highest BCUT2D eigenvalue weighted by Crippen LogP contribution is 2.25. The molecule has 4 heteroatoms. The van der Waals surface area contributed by atoms with E-state index in [2.05, 4.69) is 9.97 Å². The zero-order valence-electron chi connectivity index (χ0n) is 10.5. The first-order valence-electron chi connectivity index (χ1n) is 5.99. The molecule has 0 fully saturated rings. The van der Waals surface area contributed by atoms with Gasteiger partial charge in [0.05, 0.1) is 5.56 Å². The van der Waals surface area contributed by atoms with Crippen molar-refractivity contribution in [2.45, 2.75) is 6.92 Å². The zero-order valence-corrected chi connectivity index (χ0v) is 10.5. The number of hydrogen-bond acceptors (Lipinski definition) is 2. The molecular formula is C15H13N3O. The van der Waals surface area contributed by atoms with Gasteiger partial charge in [0, 0.05) is 34.6 Å². The molecule has 0 atom stereocenters. The summed E-state index contributed by atoms with van der Waals surface area (Å²) in [4.78, 5) is 18.7. The number of carbonyl (C=O) groups excluding carboxylic acids is 1. The van der Waals surface area contributed by atoms with E-state index < -0.39 is 5.91 Å². The third-order valence-corrected chi connectivity index (χ3v) is 3.19. The average Bonchev–Trinajstić information content (AvgIpc) is 2.82. The first-order chi connectivity index (χ1) is 9.15. The molecule has 0 aliphatic rings. The van der Waals surface area contributed by atoms with Crippen LogP contribution in [0.5, 0.6) is 0 Å². The van der Waals surface area contributed by atoms with Crippen molar-refractivity contribution in [1.29, 1.82) is 0 Å². The molecule has 3 aromatic rings. The van der Waals surface area contributed by atoms with Crippen molar-refractivity contribution in [2.75, 3.05) is 0 Å². The Morgan fingerprint density at radius 1 is 1.21 bits per heavy atom. The van der Waals surface area contributed by atoms with E-state index in [9.17, 15) is 4.79 Å². The Morgan fingerprint density at radius 2 is 2.00 bits per heavy atom. The third-order valence-electron chi connectivity index (χ3n) is 3.19. The van der Waals surface area contributed by atoms with Gasteiger partial charge in [0.2, 0.25) is 0 Å². The number of carbonyl (C=O) groups is 1. The van der Waals surface area contributed by atoms with E-state index in [1.807, 2.05) is 43.5 Å². The zero-order chi connectivity index (χ0) is 13.4. The molecule has 3 rings (SSSR count). The molecule has 1 amide bonds. The summed E-state index contributed by atoms with van der Waals surface area (Å²) in [6.07, 6.45) is 3.47. The number of primary amides is 1. The summed E-state index contributed by atoms with van der Waals surface area (Å²) in [5.41, 5.74) is 9.78. The number of nitrogens with two attached hydrogens (primary N) is 1. The van der Waals surface area contributed by atoms with Crippen molar-refractivity contribution >= 4 is 16.8 Å². The summed E-state index contributed by atoms with van der Waals surface area (Å²) in [5, 5.41) is 0.838. The number of benzene rings is 1. The maximum Gasteiger partial charge on any atom is 0.250 e. The molecule has 1 aromatic carbocycles. The standard InChI is InChI=1S/C15H13N3O/c1-9-2-3-11(7-17-9)10-4-5-14-12(6-10)13(8-18-14)15(16)19/h2-8,18H,1H3,(H2,16,19). The fraction of sp³-hybridized carbons (Fsp3) is 0.0667. The van der Waals surface area contributed by atoms with Gasteiger partial charge in [-0.05, 0) is 30.7 Å². The molecule has 0 aliphatic heterocycles. The van der Waals surface area contributed by atoms with Crippen molar-refractivity contribution < 1.29 is 4.79 Å². The van der Waals surface area contributed by atoms with E-state index >= 15 is 0 Å². The van der Waals surface area contributed by atoms with E-state index in [0.717, 1.165) is 27.7 Å². The first kappa shape index (κ1) is 11.5. The number of aromatic nitrogens is 2. The van der Waals surface area contributed by atoms with E-state index in [1.165, 1.54) is 0 Å². The second-order valence-electron chi connectivity index (χ2n) is 4.52. The largest absolute Gasteiger partial charge is 0.366 e. The van der Waals surface area contributed by atoms with E-state index in [1.54, 1.807) is 6.20 Å². The van der Waals surface area contributed by atoms with E-state index in [0.29, 0.717) is 5.56 Å². The predicted molar refractivity (Wildman–Crippen MR) is 74.8 cm³/mol. The summed E-state index contributed by atoms with van der Waals surface area (Å²) >= 11 is 0. The van der Waals surface area contributed by atoms with Crippen molar-refractivity contribution in [2.24, 2.45) is 5.73 Å². The van der Waals surface area contributed by atoms with E-state index in [-0.39, 0.29) is 0 Å². The lowest BCUT2D eigenvalue weighted by molar-refractivity contribution is 0.100. The molecule has 94 valence electrons. The SMILES string of the molecule is Cc1ccc(-c2ccc3[nH]cc(C(N)=O)c3c2)cn1. The fourth-order valence-corrected chi connectivity index (χ4v) is 2.14. The lowest BCUT2D eigenvalue weighted by Crippen LogP contribution is -2.09. The van der Waals surface area contributed by atoms with Crippen molar-refractivity contribution in [1.82, 2.24) is 9.97 Å². The van der Waals surface area contributed by atoms with Gasteiger partial charge in [-0.25, -0.2) is 0 Å². The number of amides is 1. The quantitative estimate of drug-likeness (QED) is 0.735. The Labute approximate surface area is 110 Å². The Morgan fingerprint density at radius 3 is 2.68 bits per heavy atom. The average molecular weight is 251 g/mol. The predicted octanol–water partition coefficient (Wildman–Crippen LogP) is 2.64. The van der Waals surface area contributed by atoms with Gasteiger partial charge in [-0.3, -0.25) is 9.78 Å². The van der Waals surface area contributed by atoms with Crippen LogP contribution >= 0.6 is 0 Å². The van der Waals surface area contributed by atoms with Gasteiger partial charge in [0.15, 0.2) is 0 Å². The van der Waals surface area contributed by atoms with E-state index in [4.69, 9.17) is 5.73 Å². The van der Waals surface area contributed by atoms with Crippen LogP contribution in [0, 0.1) is 6.92 Å².